The van der Waals surface area contributed by atoms with E-state index in [1.165, 1.54) is 36.0 Å². The second-order valence-electron chi connectivity index (χ2n) is 5.69. The zero-order valence-electron chi connectivity index (χ0n) is 14.3. The molecule has 0 N–H and O–H groups in total. The SMILES string of the molecule is CCn1c(SC(C)C(=O)c2ccc(F)cc2)nnc1-c1ccc(Cl)cc1. The summed E-state index contributed by atoms with van der Waals surface area (Å²) in [6, 6.07) is 13.0. The molecule has 26 heavy (non-hydrogen) atoms. The summed E-state index contributed by atoms with van der Waals surface area (Å²) in [5, 5.41) is 9.47. The first-order valence-electron chi connectivity index (χ1n) is 8.15. The minimum atomic E-state index is -0.368. The van der Waals surface area contributed by atoms with Crippen molar-refractivity contribution >= 4 is 29.1 Å². The van der Waals surface area contributed by atoms with Gasteiger partial charge in [0, 0.05) is 22.7 Å². The highest BCUT2D eigenvalue weighted by Gasteiger charge is 2.21. The van der Waals surface area contributed by atoms with Gasteiger partial charge in [-0.05, 0) is 62.4 Å². The third-order valence-corrected chi connectivity index (χ3v) is 5.25. The van der Waals surface area contributed by atoms with Gasteiger partial charge in [-0.1, -0.05) is 23.4 Å². The van der Waals surface area contributed by atoms with Crippen LogP contribution in [0.1, 0.15) is 24.2 Å². The lowest BCUT2D eigenvalue weighted by Crippen LogP contribution is -2.14. The smallest absolute Gasteiger partial charge is 0.192 e. The molecule has 0 spiro atoms. The molecular weight excluding hydrogens is 373 g/mol. The number of aromatic nitrogens is 3. The number of hydrogen-bond acceptors (Lipinski definition) is 4. The number of ketones is 1. The number of carbonyl (C=O) groups is 1. The first kappa shape index (κ1) is 18.6. The summed E-state index contributed by atoms with van der Waals surface area (Å²) in [6.45, 7) is 4.48. The van der Waals surface area contributed by atoms with Gasteiger partial charge in [0.1, 0.15) is 5.82 Å². The van der Waals surface area contributed by atoms with Crippen LogP contribution in [-0.2, 0) is 6.54 Å². The van der Waals surface area contributed by atoms with Crippen LogP contribution in [0.5, 0.6) is 0 Å². The van der Waals surface area contributed by atoms with Crippen LogP contribution < -0.4 is 0 Å². The van der Waals surface area contributed by atoms with Gasteiger partial charge in [-0.25, -0.2) is 4.39 Å². The molecule has 0 aliphatic heterocycles. The summed E-state index contributed by atoms with van der Waals surface area (Å²) < 4.78 is 15.0. The van der Waals surface area contributed by atoms with Gasteiger partial charge in [0.2, 0.25) is 0 Å². The lowest BCUT2D eigenvalue weighted by atomic mass is 10.1. The van der Waals surface area contributed by atoms with E-state index < -0.39 is 0 Å². The van der Waals surface area contributed by atoms with Crippen LogP contribution in [0.2, 0.25) is 5.02 Å². The van der Waals surface area contributed by atoms with Crippen molar-refractivity contribution in [1.82, 2.24) is 14.8 Å². The van der Waals surface area contributed by atoms with Crippen LogP contribution in [0.25, 0.3) is 11.4 Å². The van der Waals surface area contributed by atoms with Gasteiger partial charge in [0.15, 0.2) is 16.8 Å². The number of halogens is 2. The Kier molecular flexibility index (Phi) is 5.74. The summed E-state index contributed by atoms with van der Waals surface area (Å²) in [5.41, 5.74) is 1.39. The molecule has 0 amide bonds. The molecule has 2 aromatic carbocycles. The number of thioether (sulfide) groups is 1. The molecular formula is C19H17ClFN3OS. The molecule has 0 aliphatic rings. The molecule has 134 valence electrons. The zero-order valence-corrected chi connectivity index (χ0v) is 15.9. The molecule has 0 fully saturated rings. The molecule has 1 aromatic heterocycles. The molecule has 0 bridgehead atoms. The molecule has 1 unspecified atom stereocenters. The van der Waals surface area contributed by atoms with Crippen molar-refractivity contribution in [3.05, 3.63) is 64.9 Å². The average molecular weight is 390 g/mol. The molecule has 0 saturated carbocycles. The highest BCUT2D eigenvalue weighted by molar-refractivity contribution is 8.00. The summed E-state index contributed by atoms with van der Waals surface area (Å²) >= 11 is 7.28. The number of rotatable bonds is 6. The van der Waals surface area contributed by atoms with Crippen LogP contribution in [0, 0.1) is 5.82 Å². The molecule has 0 radical (unpaired) electrons. The van der Waals surface area contributed by atoms with Crippen LogP contribution in [0.3, 0.4) is 0 Å². The molecule has 1 atom stereocenters. The van der Waals surface area contributed by atoms with Crippen molar-refractivity contribution in [1.29, 1.82) is 0 Å². The third kappa shape index (κ3) is 3.97. The molecule has 7 heteroatoms. The Morgan fingerprint density at radius 3 is 2.42 bits per heavy atom. The second-order valence-corrected chi connectivity index (χ2v) is 7.43. The number of Topliss-reactive ketones (excluding diaryl/α,β-unsaturated/α-hetero) is 1. The standard InChI is InChI=1S/C19H17ClFN3OS/c1-3-24-18(14-4-8-15(20)9-5-14)22-23-19(24)26-12(2)17(25)13-6-10-16(21)11-7-13/h4-12H,3H2,1-2H3. The predicted octanol–water partition coefficient (Wildman–Crippen LogP) is 5.12. The van der Waals surface area contributed by atoms with E-state index >= 15 is 0 Å². The first-order valence-corrected chi connectivity index (χ1v) is 9.41. The largest absolute Gasteiger partial charge is 0.302 e. The van der Waals surface area contributed by atoms with E-state index in [0.29, 0.717) is 22.3 Å². The van der Waals surface area contributed by atoms with Crippen molar-refractivity contribution in [3.63, 3.8) is 0 Å². The number of nitrogens with zero attached hydrogens (tertiary/aromatic N) is 3. The van der Waals surface area contributed by atoms with Crippen molar-refractivity contribution in [3.8, 4) is 11.4 Å². The van der Waals surface area contributed by atoms with E-state index in [2.05, 4.69) is 10.2 Å². The van der Waals surface area contributed by atoms with Crippen molar-refractivity contribution in [2.75, 3.05) is 0 Å². The fourth-order valence-electron chi connectivity index (χ4n) is 2.53. The highest BCUT2D eigenvalue weighted by atomic mass is 35.5. The van der Waals surface area contributed by atoms with E-state index in [1.54, 1.807) is 12.1 Å². The number of benzene rings is 2. The summed E-state index contributed by atoms with van der Waals surface area (Å²) in [5.74, 6) is 0.294. The minimum Gasteiger partial charge on any atom is -0.302 e. The average Bonchev–Trinajstić information content (AvgIpc) is 3.04. The van der Waals surface area contributed by atoms with E-state index in [1.807, 2.05) is 30.5 Å². The van der Waals surface area contributed by atoms with Gasteiger partial charge in [-0.15, -0.1) is 10.2 Å². The highest BCUT2D eigenvalue weighted by Crippen LogP contribution is 2.28. The van der Waals surface area contributed by atoms with E-state index in [-0.39, 0.29) is 16.9 Å². The van der Waals surface area contributed by atoms with Crippen LogP contribution in [0.4, 0.5) is 4.39 Å². The molecule has 1 heterocycles. The summed E-state index contributed by atoms with van der Waals surface area (Å²) in [6.07, 6.45) is 0. The topological polar surface area (TPSA) is 47.8 Å². The quantitative estimate of drug-likeness (QED) is 0.433. The maximum absolute atomic E-state index is 13.0. The zero-order chi connectivity index (χ0) is 18.7. The Bertz CT molecular complexity index is 910. The predicted molar refractivity (Wildman–Crippen MR) is 102 cm³/mol. The normalized spacial score (nSPS) is 12.2. The molecule has 3 rings (SSSR count). The van der Waals surface area contributed by atoms with Gasteiger partial charge < -0.3 is 4.57 Å². The van der Waals surface area contributed by atoms with Crippen molar-refractivity contribution in [2.45, 2.75) is 30.8 Å². The Balaban J connectivity index is 1.82. The van der Waals surface area contributed by atoms with E-state index in [4.69, 9.17) is 11.6 Å². The maximum atomic E-state index is 13.0. The first-order chi connectivity index (χ1) is 12.5. The Morgan fingerprint density at radius 1 is 1.15 bits per heavy atom. The van der Waals surface area contributed by atoms with Crippen molar-refractivity contribution < 1.29 is 9.18 Å². The fraction of sp³-hybridized carbons (Fsp3) is 0.211. The van der Waals surface area contributed by atoms with Gasteiger partial charge in [-0.3, -0.25) is 4.79 Å². The molecule has 4 nitrogen and oxygen atoms in total. The monoisotopic (exact) mass is 389 g/mol. The summed E-state index contributed by atoms with van der Waals surface area (Å²) in [7, 11) is 0. The minimum absolute atomic E-state index is 0.0753. The Hall–Kier alpha value is -2.18. The van der Waals surface area contributed by atoms with Crippen LogP contribution in [-0.4, -0.2) is 25.8 Å². The van der Waals surface area contributed by atoms with Crippen LogP contribution >= 0.6 is 23.4 Å². The van der Waals surface area contributed by atoms with Gasteiger partial charge in [0.25, 0.3) is 0 Å². The molecule has 0 aliphatic carbocycles. The van der Waals surface area contributed by atoms with Gasteiger partial charge in [0.05, 0.1) is 5.25 Å². The van der Waals surface area contributed by atoms with Gasteiger partial charge >= 0.3 is 0 Å². The number of carbonyl (C=O) groups excluding carboxylic acids is 1. The lowest BCUT2D eigenvalue weighted by Gasteiger charge is -2.11. The van der Waals surface area contributed by atoms with Gasteiger partial charge in [-0.2, -0.15) is 0 Å². The van der Waals surface area contributed by atoms with Crippen molar-refractivity contribution in [2.24, 2.45) is 0 Å². The maximum Gasteiger partial charge on any atom is 0.192 e. The third-order valence-electron chi connectivity index (χ3n) is 3.92. The van der Waals surface area contributed by atoms with E-state index in [0.717, 1.165) is 11.4 Å². The summed E-state index contributed by atoms with van der Waals surface area (Å²) in [4.78, 5) is 12.6. The Morgan fingerprint density at radius 2 is 1.81 bits per heavy atom. The number of hydrogen-bond donors (Lipinski definition) is 0. The molecule has 3 aromatic rings. The second kappa shape index (κ2) is 8.01. The Labute approximate surface area is 160 Å². The fourth-order valence-corrected chi connectivity index (χ4v) is 3.65. The van der Waals surface area contributed by atoms with E-state index in [9.17, 15) is 9.18 Å². The lowest BCUT2D eigenvalue weighted by molar-refractivity contribution is 0.0994. The van der Waals surface area contributed by atoms with Crippen LogP contribution in [0.15, 0.2) is 53.7 Å². The molecule has 0 saturated heterocycles.